The standard InChI is InChI=1S/C14H14FN3O4S/c1-18-13(8-12(17-18)9-2-3-9)14(19)16-10-4-6-11(7-5-10)22-23(15,20)21/h4-9H,2-3H2,1H3,(H,16,19). The van der Waals surface area contributed by atoms with Gasteiger partial charge in [0.2, 0.25) is 0 Å². The van der Waals surface area contributed by atoms with Crippen LogP contribution in [0.15, 0.2) is 30.3 Å². The minimum Gasteiger partial charge on any atom is -0.358 e. The molecule has 2 aromatic rings. The molecule has 7 nitrogen and oxygen atoms in total. The largest absolute Gasteiger partial charge is 0.488 e. The van der Waals surface area contributed by atoms with Crippen molar-refractivity contribution in [3.8, 4) is 5.75 Å². The maximum absolute atomic E-state index is 12.4. The fourth-order valence-electron chi connectivity index (χ4n) is 2.18. The van der Waals surface area contributed by atoms with Crippen LogP contribution in [0.5, 0.6) is 5.75 Å². The van der Waals surface area contributed by atoms with E-state index >= 15 is 0 Å². The van der Waals surface area contributed by atoms with E-state index in [1.54, 1.807) is 13.1 Å². The van der Waals surface area contributed by atoms with E-state index in [1.165, 1.54) is 28.9 Å². The SMILES string of the molecule is Cn1nc(C2CC2)cc1C(=O)Nc1ccc(OS(=O)(=O)F)cc1. The molecule has 23 heavy (non-hydrogen) atoms. The zero-order chi connectivity index (χ0) is 16.6. The molecule has 1 heterocycles. The van der Waals surface area contributed by atoms with Gasteiger partial charge >= 0.3 is 10.5 Å². The quantitative estimate of drug-likeness (QED) is 0.843. The van der Waals surface area contributed by atoms with E-state index in [-0.39, 0.29) is 11.7 Å². The van der Waals surface area contributed by atoms with E-state index in [9.17, 15) is 17.1 Å². The van der Waals surface area contributed by atoms with Crippen LogP contribution in [0.4, 0.5) is 9.57 Å². The lowest BCUT2D eigenvalue weighted by molar-refractivity contribution is 0.101. The van der Waals surface area contributed by atoms with Crippen molar-refractivity contribution in [3.05, 3.63) is 41.7 Å². The van der Waals surface area contributed by atoms with Gasteiger partial charge in [-0.05, 0) is 43.2 Å². The molecule has 1 aliphatic carbocycles. The number of carbonyl (C=O) groups is 1. The summed E-state index contributed by atoms with van der Waals surface area (Å²) in [4.78, 5) is 12.2. The smallest absolute Gasteiger partial charge is 0.358 e. The van der Waals surface area contributed by atoms with Gasteiger partial charge in [-0.25, -0.2) is 0 Å². The third-order valence-corrected chi connectivity index (χ3v) is 3.83. The van der Waals surface area contributed by atoms with E-state index in [0.29, 0.717) is 17.3 Å². The molecule has 1 N–H and O–H groups in total. The topological polar surface area (TPSA) is 90.3 Å². The van der Waals surface area contributed by atoms with Crippen LogP contribution in [0.2, 0.25) is 0 Å². The van der Waals surface area contributed by atoms with Crippen molar-refractivity contribution in [2.24, 2.45) is 7.05 Å². The second-order valence-corrected chi connectivity index (χ2v) is 6.26. The number of hydrogen-bond donors (Lipinski definition) is 1. The summed E-state index contributed by atoms with van der Waals surface area (Å²) in [6, 6.07) is 7.07. The summed E-state index contributed by atoms with van der Waals surface area (Å²) in [5.41, 5.74) is 1.76. The van der Waals surface area contributed by atoms with Crippen LogP contribution in [-0.4, -0.2) is 24.1 Å². The zero-order valence-electron chi connectivity index (χ0n) is 12.2. The normalized spacial score (nSPS) is 14.5. The van der Waals surface area contributed by atoms with Crippen molar-refractivity contribution < 1.29 is 21.3 Å². The molecule has 0 unspecified atom stereocenters. The van der Waals surface area contributed by atoms with E-state index in [4.69, 9.17) is 0 Å². The predicted molar refractivity (Wildman–Crippen MR) is 80.2 cm³/mol. The average Bonchev–Trinajstić information content (AvgIpc) is 3.22. The molecule has 1 saturated carbocycles. The summed E-state index contributed by atoms with van der Waals surface area (Å²) < 4.78 is 38.8. The summed E-state index contributed by atoms with van der Waals surface area (Å²) in [5, 5.41) is 6.98. The first-order valence-electron chi connectivity index (χ1n) is 6.91. The maximum atomic E-state index is 12.4. The van der Waals surface area contributed by atoms with Gasteiger partial charge in [0.05, 0.1) is 5.69 Å². The predicted octanol–water partition coefficient (Wildman–Crippen LogP) is 2.14. The molecule has 0 bridgehead atoms. The number of hydrogen-bond acceptors (Lipinski definition) is 5. The van der Waals surface area contributed by atoms with Crippen molar-refractivity contribution in [3.63, 3.8) is 0 Å². The Balaban J connectivity index is 1.70. The van der Waals surface area contributed by atoms with Crippen LogP contribution >= 0.6 is 0 Å². The number of aromatic nitrogens is 2. The molecule has 0 aliphatic heterocycles. The number of nitrogens with zero attached hydrogens (tertiary/aromatic N) is 2. The molecule has 1 aliphatic rings. The Labute approximate surface area is 132 Å². The van der Waals surface area contributed by atoms with Gasteiger partial charge < -0.3 is 9.50 Å². The van der Waals surface area contributed by atoms with Gasteiger partial charge in [0.15, 0.2) is 0 Å². The van der Waals surface area contributed by atoms with E-state index in [1.807, 2.05) is 0 Å². The highest BCUT2D eigenvalue weighted by Gasteiger charge is 2.28. The molecule has 0 atom stereocenters. The lowest BCUT2D eigenvalue weighted by atomic mass is 10.2. The molecule has 122 valence electrons. The Kier molecular flexibility index (Phi) is 3.80. The molecule has 0 spiro atoms. The monoisotopic (exact) mass is 339 g/mol. The number of anilines is 1. The highest BCUT2D eigenvalue weighted by molar-refractivity contribution is 7.81. The van der Waals surface area contributed by atoms with E-state index in [2.05, 4.69) is 14.6 Å². The summed E-state index contributed by atoms with van der Waals surface area (Å²) in [5.74, 6) is -0.0671. The molecule has 3 rings (SSSR count). The summed E-state index contributed by atoms with van der Waals surface area (Å²) in [7, 11) is -3.36. The zero-order valence-corrected chi connectivity index (χ0v) is 13.0. The third kappa shape index (κ3) is 3.86. The minimum atomic E-state index is -5.06. The van der Waals surface area contributed by atoms with Crippen LogP contribution in [0.1, 0.15) is 34.9 Å². The third-order valence-electron chi connectivity index (χ3n) is 3.43. The lowest BCUT2D eigenvalue weighted by Crippen LogP contribution is -2.16. The molecule has 0 radical (unpaired) electrons. The van der Waals surface area contributed by atoms with Gasteiger partial charge in [-0.1, -0.05) is 3.89 Å². The van der Waals surface area contributed by atoms with Crippen LogP contribution in [0.3, 0.4) is 0 Å². The van der Waals surface area contributed by atoms with Crippen molar-refractivity contribution in [1.29, 1.82) is 0 Å². The van der Waals surface area contributed by atoms with Crippen LogP contribution in [-0.2, 0) is 17.6 Å². The van der Waals surface area contributed by atoms with Crippen molar-refractivity contribution in [2.45, 2.75) is 18.8 Å². The second kappa shape index (κ2) is 5.65. The highest BCUT2D eigenvalue weighted by atomic mass is 32.3. The molecular weight excluding hydrogens is 325 g/mol. The summed E-state index contributed by atoms with van der Waals surface area (Å²) in [6.07, 6.45) is 2.19. The number of halogens is 1. The van der Waals surface area contributed by atoms with Crippen molar-refractivity contribution in [1.82, 2.24) is 9.78 Å². The fourth-order valence-corrected chi connectivity index (χ4v) is 2.53. The minimum absolute atomic E-state index is 0.179. The van der Waals surface area contributed by atoms with Crippen LogP contribution in [0.25, 0.3) is 0 Å². The van der Waals surface area contributed by atoms with Gasteiger partial charge in [0.1, 0.15) is 11.4 Å². The number of aryl methyl sites for hydroxylation is 1. The molecule has 1 aromatic heterocycles. The van der Waals surface area contributed by atoms with Gasteiger partial charge in [0, 0.05) is 18.7 Å². The average molecular weight is 339 g/mol. The Hall–Kier alpha value is -2.42. The van der Waals surface area contributed by atoms with Gasteiger partial charge in [-0.2, -0.15) is 13.5 Å². The Morgan fingerprint density at radius 1 is 1.35 bits per heavy atom. The number of amides is 1. The summed E-state index contributed by atoms with van der Waals surface area (Å²) in [6.45, 7) is 0. The first-order valence-corrected chi connectivity index (χ1v) is 8.22. The first-order chi connectivity index (χ1) is 10.8. The molecule has 9 heteroatoms. The van der Waals surface area contributed by atoms with Crippen LogP contribution < -0.4 is 9.50 Å². The van der Waals surface area contributed by atoms with Crippen molar-refractivity contribution >= 4 is 22.1 Å². The van der Waals surface area contributed by atoms with Crippen molar-refractivity contribution in [2.75, 3.05) is 5.32 Å². The van der Waals surface area contributed by atoms with E-state index < -0.39 is 10.5 Å². The molecule has 0 saturated heterocycles. The maximum Gasteiger partial charge on any atom is 0.488 e. The Bertz CT molecular complexity index is 841. The van der Waals surface area contributed by atoms with E-state index in [0.717, 1.165) is 18.5 Å². The van der Waals surface area contributed by atoms with Gasteiger partial charge in [-0.3, -0.25) is 9.48 Å². The highest BCUT2D eigenvalue weighted by Crippen LogP contribution is 2.39. The van der Waals surface area contributed by atoms with Crippen LogP contribution in [0, 0.1) is 0 Å². The van der Waals surface area contributed by atoms with Gasteiger partial charge in [-0.15, -0.1) is 0 Å². The number of carbonyl (C=O) groups excluding carboxylic acids is 1. The first kappa shape index (κ1) is 15.5. The van der Waals surface area contributed by atoms with Gasteiger partial charge in [0.25, 0.3) is 5.91 Å². The fraction of sp³-hybridized carbons (Fsp3) is 0.286. The number of nitrogens with one attached hydrogen (secondary N) is 1. The number of benzene rings is 1. The summed E-state index contributed by atoms with van der Waals surface area (Å²) >= 11 is 0. The lowest BCUT2D eigenvalue weighted by Gasteiger charge is -2.06. The molecule has 1 aromatic carbocycles. The molecular formula is C14H14FN3O4S. The number of rotatable bonds is 5. The Morgan fingerprint density at radius 2 is 2.00 bits per heavy atom. The second-order valence-electron chi connectivity index (χ2n) is 5.31. The Morgan fingerprint density at radius 3 is 2.57 bits per heavy atom. The molecule has 1 amide bonds. The molecule has 1 fully saturated rings.